The predicted molar refractivity (Wildman–Crippen MR) is 89.4 cm³/mol. The van der Waals surface area contributed by atoms with E-state index in [-0.39, 0.29) is 38.5 Å². The summed E-state index contributed by atoms with van der Waals surface area (Å²) >= 11 is 11.9. The first-order chi connectivity index (χ1) is 12.4. The number of fused-ring (bicyclic) bond motifs is 1. The van der Waals surface area contributed by atoms with Gasteiger partial charge in [0.05, 0.1) is 21.3 Å². The molecule has 7 nitrogen and oxygen atoms in total. The van der Waals surface area contributed by atoms with Crippen molar-refractivity contribution in [3.05, 3.63) is 40.1 Å². The minimum atomic E-state index is -3.10. The second-order valence-corrected chi connectivity index (χ2v) is 5.78. The molecule has 0 radical (unpaired) electrons. The Balaban J connectivity index is 1.99. The number of amides is 2. The molecule has 0 aliphatic carbocycles. The number of benzene rings is 1. The third-order valence-corrected chi connectivity index (χ3v) is 3.86. The maximum atomic E-state index is 12.6. The van der Waals surface area contributed by atoms with Crippen LogP contribution in [-0.4, -0.2) is 30.0 Å². The fourth-order valence-electron chi connectivity index (χ4n) is 2.23. The molecule has 0 unspecified atom stereocenters. The zero-order valence-electron chi connectivity index (χ0n) is 12.7. The maximum absolute atomic E-state index is 12.6. The van der Waals surface area contributed by atoms with Crippen LogP contribution in [-0.2, 0) is 4.79 Å². The summed E-state index contributed by atoms with van der Waals surface area (Å²) in [4.78, 5) is 27.9. The summed E-state index contributed by atoms with van der Waals surface area (Å²) in [6.45, 7) is -3.51. The molecule has 1 aliphatic heterocycles. The summed E-state index contributed by atoms with van der Waals surface area (Å²) in [6.07, 6.45) is 2.56. The van der Waals surface area contributed by atoms with Gasteiger partial charge in [0.25, 0.3) is 11.8 Å². The lowest BCUT2D eigenvalue weighted by molar-refractivity contribution is -0.118. The van der Waals surface area contributed by atoms with Gasteiger partial charge in [-0.15, -0.1) is 0 Å². The molecule has 0 saturated carbocycles. The van der Waals surface area contributed by atoms with E-state index in [1.807, 2.05) is 0 Å². The van der Waals surface area contributed by atoms with E-state index in [4.69, 9.17) is 27.9 Å². The molecule has 1 aromatic carbocycles. The number of hydrogen-bond acceptors (Lipinski definition) is 5. The fourth-order valence-corrected chi connectivity index (χ4v) is 2.69. The number of pyridine rings is 1. The Kier molecular flexibility index (Phi) is 5.10. The quantitative estimate of drug-likeness (QED) is 0.814. The van der Waals surface area contributed by atoms with Gasteiger partial charge >= 0.3 is 6.61 Å². The van der Waals surface area contributed by atoms with Crippen LogP contribution in [0.3, 0.4) is 0 Å². The molecule has 136 valence electrons. The van der Waals surface area contributed by atoms with Gasteiger partial charge in [-0.05, 0) is 12.1 Å². The van der Waals surface area contributed by atoms with E-state index in [9.17, 15) is 18.4 Å². The minimum Gasteiger partial charge on any atom is -0.478 e. The molecule has 0 spiro atoms. The van der Waals surface area contributed by atoms with Crippen LogP contribution in [0.2, 0.25) is 10.0 Å². The second kappa shape index (κ2) is 7.30. The van der Waals surface area contributed by atoms with E-state index >= 15 is 0 Å². The van der Waals surface area contributed by atoms with Crippen LogP contribution < -0.4 is 20.1 Å². The van der Waals surface area contributed by atoms with Crippen molar-refractivity contribution in [3.8, 4) is 11.5 Å². The predicted octanol–water partition coefficient (Wildman–Crippen LogP) is 3.57. The summed E-state index contributed by atoms with van der Waals surface area (Å²) in [5, 5.41) is 5.08. The standard InChI is InChI=1S/C15H9Cl2F2N3O4/c16-7-3-20-4-8(17)12(7)22-14(24)6-1-2-9(26-15(18)19)13-11(6)21-10(23)5-25-13/h1-4,15H,5H2,(H,21,23)(H,20,22,24). The van der Waals surface area contributed by atoms with Gasteiger partial charge in [0.1, 0.15) is 5.69 Å². The third-order valence-electron chi connectivity index (χ3n) is 3.29. The Hall–Kier alpha value is -2.65. The summed E-state index contributed by atoms with van der Waals surface area (Å²) in [6, 6.07) is 2.33. The zero-order valence-corrected chi connectivity index (χ0v) is 14.2. The van der Waals surface area contributed by atoms with E-state index < -0.39 is 25.0 Å². The summed E-state index contributed by atoms with van der Waals surface area (Å²) in [5.41, 5.74) is -0.0464. The molecule has 0 atom stereocenters. The van der Waals surface area contributed by atoms with Crippen molar-refractivity contribution in [2.24, 2.45) is 0 Å². The monoisotopic (exact) mass is 403 g/mol. The molecule has 1 aromatic heterocycles. The Morgan fingerprint density at radius 3 is 2.65 bits per heavy atom. The number of nitrogens with one attached hydrogen (secondary N) is 2. The van der Waals surface area contributed by atoms with Crippen LogP contribution in [0.5, 0.6) is 11.5 Å². The number of hydrogen-bond donors (Lipinski definition) is 2. The van der Waals surface area contributed by atoms with Crippen LogP contribution in [0.25, 0.3) is 0 Å². The second-order valence-electron chi connectivity index (χ2n) is 4.96. The number of carbonyl (C=O) groups is 2. The average Bonchev–Trinajstić information content (AvgIpc) is 2.57. The van der Waals surface area contributed by atoms with Crippen molar-refractivity contribution < 1.29 is 27.8 Å². The Labute approximate surface area is 155 Å². The van der Waals surface area contributed by atoms with E-state index in [2.05, 4.69) is 20.4 Å². The molecule has 3 rings (SSSR count). The maximum Gasteiger partial charge on any atom is 0.387 e. The number of alkyl halides is 2. The average molecular weight is 404 g/mol. The first kappa shape index (κ1) is 18.2. The SMILES string of the molecule is O=C1COc2c(OC(F)F)ccc(C(=O)Nc3c(Cl)cncc3Cl)c2N1. The largest absolute Gasteiger partial charge is 0.478 e. The first-order valence-electron chi connectivity index (χ1n) is 7.01. The first-order valence-corrected chi connectivity index (χ1v) is 7.77. The van der Waals surface area contributed by atoms with Gasteiger partial charge in [-0.2, -0.15) is 8.78 Å². The van der Waals surface area contributed by atoms with Gasteiger partial charge in [0.15, 0.2) is 18.1 Å². The minimum absolute atomic E-state index is 0.0568. The Morgan fingerprint density at radius 1 is 1.31 bits per heavy atom. The summed E-state index contributed by atoms with van der Waals surface area (Å²) in [5.74, 6) is -1.75. The fraction of sp³-hybridized carbons (Fsp3) is 0.133. The molecule has 2 N–H and O–H groups in total. The van der Waals surface area contributed by atoms with Crippen molar-refractivity contribution in [1.29, 1.82) is 0 Å². The van der Waals surface area contributed by atoms with Crippen molar-refractivity contribution in [2.45, 2.75) is 6.61 Å². The van der Waals surface area contributed by atoms with Crippen molar-refractivity contribution in [3.63, 3.8) is 0 Å². The lowest BCUT2D eigenvalue weighted by Crippen LogP contribution is -2.28. The highest BCUT2D eigenvalue weighted by Gasteiger charge is 2.28. The molecule has 1 aliphatic rings. The van der Waals surface area contributed by atoms with E-state index in [1.54, 1.807) is 0 Å². The van der Waals surface area contributed by atoms with Crippen molar-refractivity contribution in [2.75, 3.05) is 17.2 Å². The molecule has 11 heteroatoms. The van der Waals surface area contributed by atoms with Gasteiger partial charge in [-0.1, -0.05) is 23.2 Å². The lowest BCUT2D eigenvalue weighted by Gasteiger charge is -2.23. The van der Waals surface area contributed by atoms with Gasteiger partial charge in [-0.3, -0.25) is 14.6 Å². The van der Waals surface area contributed by atoms with E-state index in [0.29, 0.717) is 0 Å². The van der Waals surface area contributed by atoms with Crippen LogP contribution in [0.1, 0.15) is 10.4 Å². The highest BCUT2D eigenvalue weighted by molar-refractivity contribution is 6.39. The topological polar surface area (TPSA) is 89.5 Å². The van der Waals surface area contributed by atoms with Gasteiger partial charge in [-0.25, -0.2) is 0 Å². The Bertz CT molecular complexity index is 875. The number of nitrogens with zero attached hydrogens (tertiary/aromatic N) is 1. The number of aromatic nitrogens is 1. The summed E-state index contributed by atoms with van der Waals surface area (Å²) < 4.78 is 34.5. The van der Waals surface area contributed by atoms with Gasteiger partial charge in [0, 0.05) is 12.4 Å². The highest BCUT2D eigenvalue weighted by atomic mass is 35.5. The highest BCUT2D eigenvalue weighted by Crippen LogP contribution is 2.41. The number of anilines is 2. The van der Waals surface area contributed by atoms with Gasteiger partial charge < -0.3 is 20.1 Å². The van der Waals surface area contributed by atoms with Crippen molar-refractivity contribution >= 4 is 46.4 Å². The van der Waals surface area contributed by atoms with E-state index in [0.717, 1.165) is 6.07 Å². The molecule has 2 aromatic rings. The molecular weight excluding hydrogens is 395 g/mol. The normalized spacial score (nSPS) is 12.9. The number of halogens is 4. The molecule has 26 heavy (non-hydrogen) atoms. The zero-order chi connectivity index (χ0) is 18.8. The smallest absolute Gasteiger partial charge is 0.387 e. The number of ether oxygens (including phenoxy) is 2. The molecule has 2 heterocycles. The summed E-state index contributed by atoms with van der Waals surface area (Å²) in [7, 11) is 0. The van der Waals surface area contributed by atoms with Crippen LogP contribution >= 0.6 is 23.2 Å². The third kappa shape index (κ3) is 3.63. The lowest BCUT2D eigenvalue weighted by atomic mass is 10.1. The number of carbonyl (C=O) groups excluding carboxylic acids is 2. The molecule has 0 saturated heterocycles. The number of rotatable bonds is 4. The molecule has 0 fully saturated rings. The van der Waals surface area contributed by atoms with Crippen molar-refractivity contribution in [1.82, 2.24) is 4.98 Å². The van der Waals surface area contributed by atoms with Crippen LogP contribution in [0, 0.1) is 0 Å². The van der Waals surface area contributed by atoms with E-state index in [1.165, 1.54) is 18.5 Å². The molecular formula is C15H9Cl2F2N3O4. The molecule has 0 bridgehead atoms. The molecule has 2 amide bonds. The Morgan fingerprint density at radius 2 is 2.00 bits per heavy atom. The van der Waals surface area contributed by atoms with Crippen LogP contribution in [0.4, 0.5) is 20.2 Å². The van der Waals surface area contributed by atoms with Gasteiger partial charge in [0.2, 0.25) is 0 Å². The van der Waals surface area contributed by atoms with Crippen LogP contribution in [0.15, 0.2) is 24.5 Å².